The maximum atomic E-state index is 12.3. The Labute approximate surface area is 103 Å². The molecular weight excluding hydrogens is 244 g/mol. The molecule has 96 valence electrons. The summed E-state index contributed by atoms with van der Waals surface area (Å²) in [6.07, 6.45) is 0. The topological polar surface area (TPSA) is 59.3 Å². The van der Waals surface area contributed by atoms with E-state index in [1.165, 1.54) is 12.1 Å². The van der Waals surface area contributed by atoms with Crippen LogP contribution in [-0.2, 0) is 4.74 Å². The molecule has 0 radical (unpaired) electrons. The molecular formula is C12H11F2NO3. The van der Waals surface area contributed by atoms with Crippen molar-refractivity contribution in [3.05, 3.63) is 28.8 Å². The van der Waals surface area contributed by atoms with Gasteiger partial charge in [-0.25, -0.2) is 4.79 Å². The average molecular weight is 255 g/mol. The SMILES string of the molecule is CCOC(=O)c1cc(C)cc(C#N)c1OC(F)F. The minimum atomic E-state index is -3.12. The van der Waals surface area contributed by atoms with Crippen molar-refractivity contribution in [3.63, 3.8) is 0 Å². The molecule has 0 saturated heterocycles. The van der Waals surface area contributed by atoms with Crippen LogP contribution in [0, 0.1) is 18.3 Å². The molecule has 0 amide bonds. The highest BCUT2D eigenvalue weighted by atomic mass is 19.3. The van der Waals surface area contributed by atoms with E-state index in [0.29, 0.717) is 5.56 Å². The van der Waals surface area contributed by atoms with Gasteiger partial charge in [-0.15, -0.1) is 0 Å². The van der Waals surface area contributed by atoms with Gasteiger partial charge >= 0.3 is 12.6 Å². The van der Waals surface area contributed by atoms with Gasteiger partial charge in [0.2, 0.25) is 0 Å². The van der Waals surface area contributed by atoms with Crippen molar-refractivity contribution in [3.8, 4) is 11.8 Å². The molecule has 0 heterocycles. The van der Waals surface area contributed by atoms with Gasteiger partial charge in [-0.2, -0.15) is 14.0 Å². The van der Waals surface area contributed by atoms with Crippen LogP contribution in [0.5, 0.6) is 5.75 Å². The molecule has 1 aromatic carbocycles. The molecule has 0 bridgehead atoms. The fourth-order valence-corrected chi connectivity index (χ4v) is 1.43. The summed E-state index contributed by atoms with van der Waals surface area (Å²) >= 11 is 0. The summed E-state index contributed by atoms with van der Waals surface area (Å²) in [5.41, 5.74) is 0.281. The van der Waals surface area contributed by atoms with E-state index in [-0.39, 0.29) is 17.7 Å². The lowest BCUT2D eigenvalue weighted by Crippen LogP contribution is -2.12. The Morgan fingerprint density at radius 1 is 1.50 bits per heavy atom. The van der Waals surface area contributed by atoms with Gasteiger partial charge in [-0.3, -0.25) is 0 Å². The van der Waals surface area contributed by atoms with Crippen molar-refractivity contribution in [2.45, 2.75) is 20.5 Å². The van der Waals surface area contributed by atoms with Crippen molar-refractivity contribution in [1.82, 2.24) is 0 Å². The number of aryl methyl sites for hydroxylation is 1. The third-order valence-electron chi connectivity index (χ3n) is 2.06. The van der Waals surface area contributed by atoms with Crippen LogP contribution in [0.4, 0.5) is 8.78 Å². The molecule has 4 nitrogen and oxygen atoms in total. The first-order chi connectivity index (χ1) is 8.49. The molecule has 0 aliphatic carbocycles. The predicted octanol–water partition coefficient (Wildman–Crippen LogP) is 2.64. The lowest BCUT2D eigenvalue weighted by molar-refractivity contribution is -0.0506. The highest BCUT2D eigenvalue weighted by molar-refractivity contribution is 5.93. The van der Waals surface area contributed by atoms with Crippen molar-refractivity contribution in [2.75, 3.05) is 6.61 Å². The summed E-state index contributed by atoms with van der Waals surface area (Å²) in [6, 6.07) is 4.42. The Hall–Kier alpha value is -2.16. The Morgan fingerprint density at radius 3 is 2.67 bits per heavy atom. The van der Waals surface area contributed by atoms with Crippen LogP contribution < -0.4 is 4.74 Å². The standard InChI is InChI=1S/C12H11F2NO3/c1-3-17-11(16)9-5-7(2)4-8(6-15)10(9)18-12(13)14/h4-5,12H,3H2,1-2H3. The second-order valence-electron chi connectivity index (χ2n) is 3.40. The number of ether oxygens (including phenoxy) is 2. The molecule has 0 N–H and O–H groups in total. The van der Waals surface area contributed by atoms with Gasteiger partial charge in [0.1, 0.15) is 11.6 Å². The second-order valence-corrected chi connectivity index (χ2v) is 3.40. The van der Waals surface area contributed by atoms with Crippen molar-refractivity contribution < 1.29 is 23.0 Å². The van der Waals surface area contributed by atoms with Gasteiger partial charge in [0.25, 0.3) is 0 Å². The fraction of sp³-hybridized carbons (Fsp3) is 0.333. The van der Waals surface area contributed by atoms with Crippen molar-refractivity contribution in [2.24, 2.45) is 0 Å². The number of hydrogen-bond donors (Lipinski definition) is 0. The van der Waals surface area contributed by atoms with Crippen LogP contribution in [0.2, 0.25) is 0 Å². The Balaban J connectivity index is 3.33. The quantitative estimate of drug-likeness (QED) is 0.776. The Bertz CT molecular complexity index is 495. The summed E-state index contributed by atoms with van der Waals surface area (Å²) in [6.45, 7) is 0.207. The number of nitriles is 1. The Kier molecular flexibility index (Phi) is 4.60. The molecule has 0 aromatic heterocycles. The maximum Gasteiger partial charge on any atom is 0.387 e. The van der Waals surface area contributed by atoms with Crippen LogP contribution >= 0.6 is 0 Å². The number of alkyl halides is 2. The summed E-state index contributed by atoms with van der Waals surface area (Å²) in [5.74, 6) is -1.25. The monoisotopic (exact) mass is 255 g/mol. The molecule has 1 aromatic rings. The van der Waals surface area contributed by atoms with Gasteiger partial charge < -0.3 is 9.47 Å². The normalized spacial score (nSPS) is 10.0. The molecule has 0 aliphatic heterocycles. The number of halogens is 2. The van der Waals surface area contributed by atoms with E-state index in [0.717, 1.165) is 0 Å². The third-order valence-corrected chi connectivity index (χ3v) is 2.06. The smallest absolute Gasteiger partial charge is 0.387 e. The highest BCUT2D eigenvalue weighted by Crippen LogP contribution is 2.27. The minimum absolute atomic E-state index is 0.1000. The summed E-state index contributed by atoms with van der Waals surface area (Å²) in [5, 5.41) is 8.86. The van der Waals surface area contributed by atoms with Gasteiger partial charge in [0, 0.05) is 0 Å². The number of benzene rings is 1. The first-order valence-corrected chi connectivity index (χ1v) is 5.16. The van der Waals surface area contributed by atoms with E-state index < -0.39 is 18.3 Å². The van der Waals surface area contributed by atoms with Crippen molar-refractivity contribution in [1.29, 1.82) is 5.26 Å². The molecule has 0 fully saturated rings. The molecule has 0 spiro atoms. The van der Waals surface area contributed by atoms with E-state index >= 15 is 0 Å². The number of esters is 1. The minimum Gasteiger partial charge on any atom is -0.462 e. The number of hydrogen-bond acceptors (Lipinski definition) is 4. The molecule has 0 saturated carbocycles. The highest BCUT2D eigenvalue weighted by Gasteiger charge is 2.21. The van der Waals surface area contributed by atoms with E-state index in [2.05, 4.69) is 4.74 Å². The lowest BCUT2D eigenvalue weighted by Gasteiger charge is -2.12. The summed E-state index contributed by atoms with van der Waals surface area (Å²) < 4.78 is 33.5. The van der Waals surface area contributed by atoms with Crippen LogP contribution in [0.1, 0.15) is 28.4 Å². The largest absolute Gasteiger partial charge is 0.462 e. The zero-order valence-corrected chi connectivity index (χ0v) is 9.87. The molecule has 6 heteroatoms. The second kappa shape index (κ2) is 5.96. The van der Waals surface area contributed by atoms with Crippen LogP contribution in [0.15, 0.2) is 12.1 Å². The van der Waals surface area contributed by atoms with Gasteiger partial charge in [-0.05, 0) is 31.5 Å². The maximum absolute atomic E-state index is 12.3. The van der Waals surface area contributed by atoms with Crippen LogP contribution in [0.25, 0.3) is 0 Å². The number of nitrogens with zero attached hydrogens (tertiary/aromatic N) is 1. The lowest BCUT2D eigenvalue weighted by atomic mass is 10.1. The van der Waals surface area contributed by atoms with Gasteiger partial charge in [0.05, 0.1) is 12.2 Å². The summed E-state index contributed by atoms with van der Waals surface area (Å²) in [7, 11) is 0. The van der Waals surface area contributed by atoms with Crippen LogP contribution in [0.3, 0.4) is 0 Å². The van der Waals surface area contributed by atoms with Crippen molar-refractivity contribution >= 4 is 5.97 Å². The first-order valence-electron chi connectivity index (χ1n) is 5.16. The van der Waals surface area contributed by atoms with E-state index in [1.807, 2.05) is 0 Å². The Morgan fingerprint density at radius 2 is 2.17 bits per heavy atom. The number of rotatable bonds is 4. The first kappa shape index (κ1) is 13.9. The zero-order chi connectivity index (χ0) is 13.7. The van der Waals surface area contributed by atoms with E-state index in [9.17, 15) is 13.6 Å². The number of carbonyl (C=O) groups is 1. The molecule has 18 heavy (non-hydrogen) atoms. The molecule has 0 unspecified atom stereocenters. The average Bonchev–Trinajstić information content (AvgIpc) is 2.30. The zero-order valence-electron chi connectivity index (χ0n) is 9.87. The summed E-state index contributed by atoms with van der Waals surface area (Å²) in [4.78, 5) is 11.6. The third kappa shape index (κ3) is 3.17. The van der Waals surface area contributed by atoms with Gasteiger partial charge in [0.15, 0.2) is 5.75 Å². The molecule has 0 atom stereocenters. The molecule has 1 rings (SSSR count). The van der Waals surface area contributed by atoms with E-state index in [4.69, 9.17) is 10.00 Å². The number of carbonyl (C=O) groups excluding carboxylic acids is 1. The molecule has 0 aliphatic rings. The van der Waals surface area contributed by atoms with E-state index in [1.54, 1.807) is 19.9 Å². The van der Waals surface area contributed by atoms with Crippen LogP contribution in [-0.4, -0.2) is 19.2 Å². The predicted molar refractivity (Wildman–Crippen MR) is 58.5 cm³/mol. The van der Waals surface area contributed by atoms with Gasteiger partial charge in [-0.1, -0.05) is 0 Å². The fourth-order valence-electron chi connectivity index (χ4n) is 1.43.